The second kappa shape index (κ2) is 7.12. The van der Waals surface area contributed by atoms with Crippen molar-refractivity contribution in [2.75, 3.05) is 0 Å². The summed E-state index contributed by atoms with van der Waals surface area (Å²) in [6.07, 6.45) is 0. The summed E-state index contributed by atoms with van der Waals surface area (Å²) >= 11 is 1.03. The third-order valence-corrected chi connectivity index (χ3v) is 4.99. The Hall–Kier alpha value is -2.33. The SMILES string of the molecule is Cc1csc2nc(COC(=O)c3ccc(SC(F)(F)F)cc3)cc(=O)n12. The van der Waals surface area contributed by atoms with Crippen LogP contribution in [-0.4, -0.2) is 20.9 Å². The Morgan fingerprint density at radius 3 is 2.65 bits per heavy atom. The van der Waals surface area contributed by atoms with Crippen LogP contribution in [0.1, 0.15) is 21.7 Å². The Bertz CT molecular complexity index is 1010. The third kappa shape index (κ3) is 4.25. The molecule has 10 heteroatoms. The second-order valence-electron chi connectivity index (χ2n) is 5.23. The molecule has 2 heterocycles. The summed E-state index contributed by atoms with van der Waals surface area (Å²) in [6, 6.07) is 6.18. The highest BCUT2D eigenvalue weighted by Gasteiger charge is 2.29. The molecule has 0 atom stereocenters. The lowest BCUT2D eigenvalue weighted by atomic mass is 10.2. The van der Waals surface area contributed by atoms with Gasteiger partial charge in [-0.1, -0.05) is 0 Å². The number of ether oxygens (including phenoxy) is 1. The molecule has 0 aliphatic heterocycles. The molecule has 136 valence electrons. The number of carbonyl (C=O) groups excluding carboxylic acids is 1. The fourth-order valence-corrected chi connectivity index (χ4v) is 3.62. The number of nitrogens with zero attached hydrogens (tertiary/aromatic N) is 2. The van der Waals surface area contributed by atoms with Gasteiger partial charge in [0.15, 0.2) is 4.96 Å². The molecule has 0 bridgehead atoms. The maximum absolute atomic E-state index is 12.3. The molecule has 0 saturated heterocycles. The van der Waals surface area contributed by atoms with Crippen LogP contribution in [0.3, 0.4) is 0 Å². The zero-order chi connectivity index (χ0) is 18.9. The predicted molar refractivity (Wildman–Crippen MR) is 91.5 cm³/mol. The van der Waals surface area contributed by atoms with Gasteiger partial charge in [0.1, 0.15) is 6.61 Å². The molecule has 2 aromatic heterocycles. The van der Waals surface area contributed by atoms with E-state index >= 15 is 0 Å². The molecule has 0 N–H and O–H groups in total. The van der Waals surface area contributed by atoms with Crippen molar-refractivity contribution in [1.82, 2.24) is 9.38 Å². The van der Waals surface area contributed by atoms with Gasteiger partial charge in [-0.15, -0.1) is 11.3 Å². The van der Waals surface area contributed by atoms with Gasteiger partial charge in [0, 0.05) is 22.0 Å². The number of hydrogen-bond acceptors (Lipinski definition) is 6. The molecule has 0 unspecified atom stereocenters. The van der Waals surface area contributed by atoms with Crippen LogP contribution in [0, 0.1) is 6.92 Å². The number of alkyl halides is 3. The number of fused-ring (bicyclic) bond motifs is 1. The lowest BCUT2D eigenvalue weighted by molar-refractivity contribution is -0.0328. The standard InChI is InChI=1S/C16H11F3N2O3S2/c1-9-8-25-15-20-11(6-13(22)21(9)15)7-24-14(23)10-2-4-12(5-3-10)26-16(17,18)19/h2-6,8H,7H2,1H3. The van der Waals surface area contributed by atoms with E-state index in [4.69, 9.17) is 4.74 Å². The molecule has 0 spiro atoms. The highest BCUT2D eigenvalue weighted by Crippen LogP contribution is 2.36. The molecule has 0 amide bonds. The number of halogens is 3. The van der Waals surface area contributed by atoms with Gasteiger partial charge < -0.3 is 4.74 Å². The number of thioether (sulfide) groups is 1. The molecular formula is C16H11F3N2O3S2. The van der Waals surface area contributed by atoms with Crippen LogP contribution in [0.15, 0.2) is 45.4 Å². The Balaban J connectivity index is 1.68. The van der Waals surface area contributed by atoms with Crippen molar-refractivity contribution >= 4 is 34.0 Å². The number of thiazole rings is 1. The average Bonchev–Trinajstić information content (AvgIpc) is 2.93. The van der Waals surface area contributed by atoms with Crippen LogP contribution in [0.25, 0.3) is 4.96 Å². The van der Waals surface area contributed by atoms with Crippen LogP contribution < -0.4 is 5.56 Å². The highest BCUT2D eigenvalue weighted by atomic mass is 32.2. The average molecular weight is 400 g/mol. The van der Waals surface area contributed by atoms with Crippen molar-refractivity contribution in [3.63, 3.8) is 0 Å². The summed E-state index contributed by atoms with van der Waals surface area (Å²) in [5.41, 5.74) is -3.48. The van der Waals surface area contributed by atoms with E-state index < -0.39 is 11.5 Å². The summed E-state index contributed by atoms with van der Waals surface area (Å²) < 4.78 is 43.4. The minimum absolute atomic E-state index is 0.0257. The first-order valence-corrected chi connectivity index (χ1v) is 8.92. The van der Waals surface area contributed by atoms with E-state index in [1.807, 2.05) is 0 Å². The van der Waals surface area contributed by atoms with E-state index in [-0.39, 0.29) is 34.4 Å². The lowest BCUT2D eigenvalue weighted by Gasteiger charge is -2.07. The van der Waals surface area contributed by atoms with Gasteiger partial charge in [-0.25, -0.2) is 9.78 Å². The Labute approximate surface area is 153 Å². The van der Waals surface area contributed by atoms with Crippen LogP contribution in [-0.2, 0) is 11.3 Å². The van der Waals surface area contributed by atoms with Crippen molar-refractivity contribution in [3.8, 4) is 0 Å². The first-order chi connectivity index (χ1) is 12.2. The molecule has 5 nitrogen and oxygen atoms in total. The fraction of sp³-hybridized carbons (Fsp3) is 0.188. The number of carbonyl (C=O) groups is 1. The number of aromatic nitrogens is 2. The van der Waals surface area contributed by atoms with E-state index in [1.54, 1.807) is 12.3 Å². The molecule has 0 saturated carbocycles. The Morgan fingerprint density at radius 2 is 2.00 bits per heavy atom. The van der Waals surface area contributed by atoms with Gasteiger partial charge in [-0.05, 0) is 43.0 Å². The van der Waals surface area contributed by atoms with Crippen molar-refractivity contribution in [3.05, 3.63) is 63.0 Å². The number of rotatable bonds is 4. The Kier molecular flexibility index (Phi) is 5.05. The zero-order valence-electron chi connectivity index (χ0n) is 13.2. The van der Waals surface area contributed by atoms with Crippen molar-refractivity contribution in [2.24, 2.45) is 0 Å². The number of esters is 1. The molecule has 3 rings (SSSR count). The predicted octanol–water partition coefficient (Wildman–Crippen LogP) is 4.03. The van der Waals surface area contributed by atoms with Crippen LogP contribution in [0.5, 0.6) is 0 Å². The first-order valence-electron chi connectivity index (χ1n) is 7.23. The van der Waals surface area contributed by atoms with Gasteiger partial charge >= 0.3 is 11.5 Å². The highest BCUT2D eigenvalue weighted by molar-refractivity contribution is 8.00. The molecule has 0 radical (unpaired) electrons. The second-order valence-corrected chi connectivity index (χ2v) is 7.20. The van der Waals surface area contributed by atoms with Gasteiger partial charge in [0.05, 0.1) is 11.3 Å². The molecular weight excluding hydrogens is 389 g/mol. The fourth-order valence-electron chi connectivity index (χ4n) is 2.19. The smallest absolute Gasteiger partial charge is 0.446 e. The summed E-state index contributed by atoms with van der Waals surface area (Å²) in [4.78, 5) is 28.8. The van der Waals surface area contributed by atoms with Crippen molar-refractivity contribution in [2.45, 2.75) is 23.9 Å². The minimum Gasteiger partial charge on any atom is -0.456 e. The van der Waals surface area contributed by atoms with Gasteiger partial charge in [-0.3, -0.25) is 9.20 Å². The van der Waals surface area contributed by atoms with Crippen LogP contribution in [0.4, 0.5) is 13.2 Å². The lowest BCUT2D eigenvalue weighted by Crippen LogP contribution is -2.16. The van der Waals surface area contributed by atoms with Gasteiger partial charge in [-0.2, -0.15) is 13.2 Å². The number of aryl methyl sites for hydroxylation is 1. The molecule has 0 aliphatic carbocycles. The molecule has 26 heavy (non-hydrogen) atoms. The summed E-state index contributed by atoms with van der Waals surface area (Å²) in [6.45, 7) is 1.58. The van der Waals surface area contributed by atoms with Gasteiger partial charge in [0.25, 0.3) is 5.56 Å². The minimum atomic E-state index is -4.39. The molecule has 3 aromatic rings. The van der Waals surface area contributed by atoms with E-state index in [0.29, 0.717) is 10.7 Å². The quantitative estimate of drug-likeness (QED) is 0.489. The van der Waals surface area contributed by atoms with Crippen LogP contribution in [0.2, 0.25) is 0 Å². The third-order valence-electron chi connectivity index (χ3n) is 3.30. The van der Waals surface area contributed by atoms with E-state index in [0.717, 1.165) is 5.69 Å². The molecule has 1 aromatic carbocycles. The zero-order valence-corrected chi connectivity index (χ0v) is 14.9. The number of hydrogen-bond donors (Lipinski definition) is 0. The summed E-state index contributed by atoms with van der Waals surface area (Å²) in [5.74, 6) is -0.710. The van der Waals surface area contributed by atoms with Crippen LogP contribution >= 0.6 is 23.1 Å². The first kappa shape index (κ1) is 18.5. The van der Waals surface area contributed by atoms with Gasteiger partial charge in [0.2, 0.25) is 0 Å². The number of benzene rings is 1. The van der Waals surface area contributed by atoms with E-state index in [9.17, 15) is 22.8 Å². The topological polar surface area (TPSA) is 60.7 Å². The summed E-state index contributed by atoms with van der Waals surface area (Å²) in [5, 5.41) is 1.79. The molecule has 0 aliphatic rings. The van der Waals surface area contributed by atoms with Crippen molar-refractivity contribution < 1.29 is 22.7 Å². The van der Waals surface area contributed by atoms with E-state index in [2.05, 4.69) is 4.98 Å². The molecule has 0 fully saturated rings. The largest absolute Gasteiger partial charge is 0.456 e. The van der Waals surface area contributed by atoms with E-state index in [1.165, 1.54) is 46.1 Å². The maximum atomic E-state index is 12.3. The monoisotopic (exact) mass is 400 g/mol. The Morgan fingerprint density at radius 1 is 1.31 bits per heavy atom. The maximum Gasteiger partial charge on any atom is 0.446 e. The summed E-state index contributed by atoms with van der Waals surface area (Å²) in [7, 11) is 0. The normalized spacial score (nSPS) is 11.7. The van der Waals surface area contributed by atoms with Crippen molar-refractivity contribution in [1.29, 1.82) is 0 Å².